The molecule has 134 valence electrons. The molecule has 2 saturated heterocycles. The van der Waals surface area contributed by atoms with Crippen molar-refractivity contribution in [1.82, 2.24) is 4.90 Å². The lowest BCUT2D eigenvalue weighted by Gasteiger charge is -2.16. The van der Waals surface area contributed by atoms with Gasteiger partial charge < -0.3 is 14.2 Å². The maximum Gasteiger partial charge on any atom is 0.161 e. The van der Waals surface area contributed by atoms with E-state index < -0.39 is 0 Å². The van der Waals surface area contributed by atoms with Crippen molar-refractivity contribution in [3.05, 3.63) is 42.0 Å². The Kier molecular flexibility index (Phi) is 3.50. The van der Waals surface area contributed by atoms with Crippen LogP contribution in [0.4, 0.5) is 0 Å². The van der Waals surface area contributed by atoms with Gasteiger partial charge >= 0.3 is 0 Å². The van der Waals surface area contributed by atoms with Crippen LogP contribution in [0, 0.1) is 0 Å². The third-order valence-electron chi connectivity index (χ3n) is 5.99. The summed E-state index contributed by atoms with van der Waals surface area (Å²) in [5.41, 5.74) is 1.41. The Morgan fingerprint density at radius 1 is 0.846 bits per heavy atom. The van der Waals surface area contributed by atoms with E-state index in [1.165, 1.54) is 46.5 Å². The first-order chi connectivity index (χ1) is 12.7. The van der Waals surface area contributed by atoms with Gasteiger partial charge in [-0.25, -0.2) is 0 Å². The van der Waals surface area contributed by atoms with E-state index in [2.05, 4.69) is 35.2 Å². The van der Waals surface area contributed by atoms with Gasteiger partial charge in [0.05, 0.1) is 27.4 Å². The summed E-state index contributed by atoms with van der Waals surface area (Å²) in [5, 5.41) is 4.87. The molecule has 4 heteroatoms. The van der Waals surface area contributed by atoms with Crippen LogP contribution in [-0.2, 0) is 0 Å². The Morgan fingerprint density at radius 3 is 2.27 bits per heavy atom. The fourth-order valence-electron chi connectivity index (χ4n) is 4.68. The van der Waals surface area contributed by atoms with Gasteiger partial charge in [0.25, 0.3) is 0 Å². The van der Waals surface area contributed by atoms with E-state index in [0.29, 0.717) is 12.1 Å². The Balaban J connectivity index is 1.82. The molecule has 2 fully saturated rings. The molecule has 1 unspecified atom stereocenters. The Labute approximate surface area is 153 Å². The van der Waals surface area contributed by atoms with E-state index in [1.807, 2.05) is 6.07 Å². The second-order valence-corrected chi connectivity index (χ2v) is 7.20. The third-order valence-corrected chi connectivity index (χ3v) is 5.99. The molecule has 0 saturated carbocycles. The zero-order chi connectivity index (χ0) is 17.8. The van der Waals surface area contributed by atoms with E-state index >= 15 is 0 Å². The zero-order valence-corrected chi connectivity index (χ0v) is 15.4. The molecule has 0 radical (unpaired) electrons. The van der Waals surface area contributed by atoms with Crippen molar-refractivity contribution in [2.24, 2.45) is 0 Å². The molecule has 0 N–H and O–H groups in total. The SMILES string of the molecule is COc1ccc2cc([C@H]3[C@@H]4CCCN43)c3cc(OC)c(OC)cc3c2c1. The lowest BCUT2D eigenvalue weighted by atomic mass is 9.93. The first-order valence-corrected chi connectivity index (χ1v) is 9.17. The molecule has 0 aromatic heterocycles. The molecular formula is C22H23NO3. The van der Waals surface area contributed by atoms with Crippen molar-refractivity contribution in [3.63, 3.8) is 0 Å². The number of nitrogens with zero attached hydrogens (tertiary/aromatic N) is 1. The standard InChI is InChI=1S/C22H23NO3/c1-24-14-7-6-13-9-18(22-19-5-4-8-23(19)22)17-12-21(26-3)20(25-2)11-16(17)15(13)10-14/h6-7,9-12,19,22H,4-5,8H2,1-3H3/t19-,22-,23?/m0/s1. The maximum absolute atomic E-state index is 5.59. The second-order valence-electron chi connectivity index (χ2n) is 7.20. The zero-order valence-electron chi connectivity index (χ0n) is 15.4. The van der Waals surface area contributed by atoms with Crippen molar-refractivity contribution in [3.8, 4) is 17.2 Å². The average molecular weight is 349 g/mol. The summed E-state index contributed by atoms with van der Waals surface area (Å²) in [6.07, 6.45) is 2.63. The molecule has 2 heterocycles. The summed E-state index contributed by atoms with van der Waals surface area (Å²) in [7, 11) is 5.09. The van der Waals surface area contributed by atoms with Crippen molar-refractivity contribution in [2.75, 3.05) is 27.9 Å². The highest BCUT2D eigenvalue weighted by atomic mass is 16.5. The largest absolute Gasteiger partial charge is 0.497 e. The first-order valence-electron chi connectivity index (χ1n) is 9.17. The number of fused-ring (bicyclic) bond motifs is 4. The van der Waals surface area contributed by atoms with Crippen molar-refractivity contribution >= 4 is 21.5 Å². The summed E-state index contributed by atoms with van der Waals surface area (Å²) in [6.45, 7) is 1.21. The highest BCUT2D eigenvalue weighted by molar-refractivity contribution is 6.10. The lowest BCUT2D eigenvalue weighted by molar-refractivity contribution is 0.356. The molecule has 26 heavy (non-hydrogen) atoms. The minimum absolute atomic E-state index is 0.538. The molecule has 5 rings (SSSR count). The number of benzene rings is 3. The third kappa shape index (κ3) is 2.18. The van der Waals surface area contributed by atoms with Crippen LogP contribution < -0.4 is 14.2 Å². The van der Waals surface area contributed by atoms with Gasteiger partial charge in [0.15, 0.2) is 11.5 Å². The summed E-state index contributed by atoms with van der Waals surface area (Å²) in [6, 6.07) is 14.1. The lowest BCUT2D eigenvalue weighted by Crippen LogP contribution is -1.99. The van der Waals surface area contributed by atoms with Crippen LogP contribution in [0.1, 0.15) is 24.4 Å². The minimum Gasteiger partial charge on any atom is -0.497 e. The predicted octanol–water partition coefficient (Wildman–Crippen LogP) is 4.54. The van der Waals surface area contributed by atoms with Crippen molar-refractivity contribution < 1.29 is 14.2 Å². The normalized spacial score (nSPS) is 23.9. The molecule has 0 amide bonds. The van der Waals surface area contributed by atoms with Gasteiger partial charge in [-0.05, 0) is 76.8 Å². The maximum atomic E-state index is 5.59. The first kappa shape index (κ1) is 15.8. The van der Waals surface area contributed by atoms with E-state index in [0.717, 1.165) is 17.2 Å². The molecular weight excluding hydrogens is 326 g/mol. The average Bonchev–Trinajstić information content (AvgIpc) is 3.15. The highest BCUT2D eigenvalue weighted by Gasteiger charge is 2.51. The van der Waals surface area contributed by atoms with E-state index in [1.54, 1.807) is 21.3 Å². The van der Waals surface area contributed by atoms with E-state index in [-0.39, 0.29) is 0 Å². The Morgan fingerprint density at radius 2 is 1.62 bits per heavy atom. The number of piperidine rings is 1. The van der Waals surface area contributed by atoms with Crippen LogP contribution in [0.25, 0.3) is 21.5 Å². The number of methoxy groups -OCH3 is 3. The van der Waals surface area contributed by atoms with E-state index in [4.69, 9.17) is 14.2 Å². The Hall–Kier alpha value is -2.46. The summed E-state index contributed by atoms with van der Waals surface area (Å²) >= 11 is 0. The van der Waals surface area contributed by atoms with Gasteiger partial charge in [0.1, 0.15) is 5.75 Å². The van der Waals surface area contributed by atoms with Gasteiger partial charge in [-0.3, -0.25) is 4.90 Å². The molecule has 0 spiro atoms. The predicted molar refractivity (Wildman–Crippen MR) is 104 cm³/mol. The second kappa shape index (κ2) is 5.78. The summed E-state index contributed by atoms with van der Waals surface area (Å²) in [5.74, 6) is 2.41. The van der Waals surface area contributed by atoms with Crippen LogP contribution in [0.2, 0.25) is 0 Å². The molecule has 3 aromatic carbocycles. The van der Waals surface area contributed by atoms with Crippen molar-refractivity contribution in [1.29, 1.82) is 0 Å². The molecule has 2 aliphatic rings. The molecule has 3 aromatic rings. The van der Waals surface area contributed by atoms with Crippen molar-refractivity contribution in [2.45, 2.75) is 24.9 Å². The van der Waals surface area contributed by atoms with Gasteiger partial charge in [-0.1, -0.05) is 6.07 Å². The fourth-order valence-corrected chi connectivity index (χ4v) is 4.68. The number of hydrogen-bond acceptors (Lipinski definition) is 4. The number of hydrogen-bond donors (Lipinski definition) is 0. The van der Waals surface area contributed by atoms with Gasteiger partial charge in [-0.2, -0.15) is 0 Å². The highest BCUT2D eigenvalue weighted by Crippen LogP contribution is 2.53. The quantitative estimate of drug-likeness (QED) is 0.511. The summed E-state index contributed by atoms with van der Waals surface area (Å²) in [4.78, 5) is 2.61. The monoisotopic (exact) mass is 349 g/mol. The van der Waals surface area contributed by atoms with Crippen LogP contribution >= 0.6 is 0 Å². The summed E-state index contributed by atoms with van der Waals surface area (Å²) < 4.78 is 16.6. The smallest absolute Gasteiger partial charge is 0.161 e. The molecule has 2 aliphatic heterocycles. The molecule has 3 atom stereocenters. The van der Waals surface area contributed by atoms with Gasteiger partial charge in [0, 0.05) is 6.04 Å². The van der Waals surface area contributed by atoms with Crippen LogP contribution in [0.5, 0.6) is 17.2 Å². The van der Waals surface area contributed by atoms with Gasteiger partial charge in [-0.15, -0.1) is 0 Å². The number of ether oxygens (including phenoxy) is 3. The van der Waals surface area contributed by atoms with Crippen LogP contribution in [-0.4, -0.2) is 38.8 Å². The Bertz CT molecular complexity index is 1000. The molecule has 0 bridgehead atoms. The van der Waals surface area contributed by atoms with Crippen LogP contribution in [0.15, 0.2) is 36.4 Å². The van der Waals surface area contributed by atoms with Crippen LogP contribution in [0.3, 0.4) is 0 Å². The van der Waals surface area contributed by atoms with E-state index in [9.17, 15) is 0 Å². The number of rotatable bonds is 4. The minimum atomic E-state index is 0.538. The fraction of sp³-hybridized carbons (Fsp3) is 0.364. The topological polar surface area (TPSA) is 30.7 Å². The molecule has 0 aliphatic carbocycles. The molecule has 4 nitrogen and oxygen atoms in total. The van der Waals surface area contributed by atoms with Gasteiger partial charge in [0.2, 0.25) is 0 Å².